The quantitative estimate of drug-likeness (QED) is 0.838. The van der Waals surface area contributed by atoms with Crippen LogP contribution in [0.15, 0.2) is 47.4 Å². The van der Waals surface area contributed by atoms with Crippen molar-refractivity contribution in [1.29, 1.82) is 0 Å². The van der Waals surface area contributed by atoms with Crippen molar-refractivity contribution in [3.05, 3.63) is 53.3 Å². The second kappa shape index (κ2) is 6.33. The molecule has 0 spiro atoms. The standard InChI is InChI=1S/C14H12ClFN2O3S/c1-22(20,21)11-6-7-12(16)13(8-11)18-14(19)17-10-4-2-9(15)3-5-10/h2-8H,1H3,(H2,17,18,19). The Morgan fingerprint density at radius 3 is 2.32 bits per heavy atom. The molecule has 0 radical (unpaired) electrons. The first-order valence-corrected chi connectivity index (χ1v) is 8.36. The first-order valence-electron chi connectivity index (χ1n) is 6.09. The average Bonchev–Trinajstić information content (AvgIpc) is 2.42. The molecule has 116 valence electrons. The van der Waals surface area contributed by atoms with Gasteiger partial charge in [-0.15, -0.1) is 0 Å². The van der Waals surface area contributed by atoms with Crippen LogP contribution < -0.4 is 10.6 Å². The highest BCUT2D eigenvalue weighted by atomic mass is 35.5. The summed E-state index contributed by atoms with van der Waals surface area (Å²) in [5.41, 5.74) is 0.232. The summed E-state index contributed by atoms with van der Waals surface area (Å²) in [4.78, 5) is 11.7. The highest BCUT2D eigenvalue weighted by molar-refractivity contribution is 7.90. The molecule has 0 aromatic heterocycles. The van der Waals surface area contributed by atoms with E-state index in [9.17, 15) is 17.6 Å². The van der Waals surface area contributed by atoms with Crippen LogP contribution in [-0.4, -0.2) is 20.7 Å². The lowest BCUT2D eigenvalue weighted by Crippen LogP contribution is -2.20. The number of rotatable bonds is 3. The third kappa shape index (κ3) is 4.19. The zero-order chi connectivity index (χ0) is 16.3. The number of urea groups is 1. The number of carbonyl (C=O) groups excluding carboxylic acids is 1. The summed E-state index contributed by atoms with van der Waals surface area (Å²) in [6.45, 7) is 0. The van der Waals surface area contributed by atoms with Crippen LogP contribution in [0.5, 0.6) is 0 Å². The number of halogens is 2. The largest absolute Gasteiger partial charge is 0.323 e. The van der Waals surface area contributed by atoms with E-state index in [1.807, 2.05) is 0 Å². The number of hydrogen-bond acceptors (Lipinski definition) is 3. The van der Waals surface area contributed by atoms with Crippen LogP contribution in [0.1, 0.15) is 0 Å². The monoisotopic (exact) mass is 342 g/mol. The number of hydrogen-bond donors (Lipinski definition) is 2. The van der Waals surface area contributed by atoms with E-state index >= 15 is 0 Å². The molecule has 2 amide bonds. The van der Waals surface area contributed by atoms with Crippen LogP contribution in [-0.2, 0) is 9.84 Å². The van der Waals surface area contributed by atoms with Crippen LogP contribution in [0.25, 0.3) is 0 Å². The summed E-state index contributed by atoms with van der Waals surface area (Å²) in [5, 5.41) is 5.25. The fraction of sp³-hybridized carbons (Fsp3) is 0.0714. The minimum atomic E-state index is -3.49. The molecule has 8 heteroatoms. The van der Waals surface area contributed by atoms with E-state index in [1.54, 1.807) is 24.3 Å². The molecule has 0 aliphatic rings. The smallest absolute Gasteiger partial charge is 0.308 e. The Hall–Kier alpha value is -2.12. The fourth-order valence-electron chi connectivity index (χ4n) is 1.65. The Labute approximate surface area is 132 Å². The molecule has 5 nitrogen and oxygen atoms in total. The van der Waals surface area contributed by atoms with Crippen LogP contribution in [0, 0.1) is 5.82 Å². The summed E-state index contributed by atoms with van der Waals surface area (Å²) < 4.78 is 36.5. The maximum Gasteiger partial charge on any atom is 0.323 e. The highest BCUT2D eigenvalue weighted by Gasteiger charge is 2.13. The second-order valence-electron chi connectivity index (χ2n) is 4.50. The molecule has 0 saturated carbocycles. The van der Waals surface area contributed by atoms with Crippen molar-refractivity contribution in [2.45, 2.75) is 4.90 Å². The average molecular weight is 343 g/mol. The topological polar surface area (TPSA) is 75.3 Å². The maximum atomic E-state index is 13.7. The second-order valence-corrected chi connectivity index (χ2v) is 6.95. The van der Waals surface area contributed by atoms with Crippen molar-refractivity contribution in [2.24, 2.45) is 0 Å². The van der Waals surface area contributed by atoms with Gasteiger partial charge in [-0.05, 0) is 42.5 Å². The maximum absolute atomic E-state index is 13.7. The van der Waals surface area contributed by atoms with Gasteiger partial charge in [-0.25, -0.2) is 17.6 Å². The van der Waals surface area contributed by atoms with Gasteiger partial charge in [-0.3, -0.25) is 0 Å². The Balaban J connectivity index is 2.16. The molecule has 2 aromatic rings. The van der Waals surface area contributed by atoms with Gasteiger partial charge in [-0.2, -0.15) is 0 Å². The zero-order valence-electron chi connectivity index (χ0n) is 11.4. The highest BCUT2D eigenvalue weighted by Crippen LogP contribution is 2.20. The van der Waals surface area contributed by atoms with Crippen LogP contribution in [0.4, 0.5) is 20.6 Å². The van der Waals surface area contributed by atoms with Gasteiger partial charge >= 0.3 is 6.03 Å². The lowest BCUT2D eigenvalue weighted by Gasteiger charge is -2.09. The van der Waals surface area contributed by atoms with Crippen molar-refractivity contribution in [2.75, 3.05) is 16.9 Å². The van der Waals surface area contributed by atoms with Crippen LogP contribution in [0.3, 0.4) is 0 Å². The lowest BCUT2D eigenvalue weighted by molar-refractivity contribution is 0.262. The van der Waals surface area contributed by atoms with E-state index in [0.717, 1.165) is 24.5 Å². The molecule has 0 bridgehead atoms. The Kier molecular flexibility index (Phi) is 4.68. The van der Waals surface area contributed by atoms with Crippen molar-refractivity contribution in [3.8, 4) is 0 Å². The predicted octanol–water partition coefficient (Wildman–Crippen LogP) is 3.53. The Morgan fingerprint density at radius 1 is 1.09 bits per heavy atom. The molecule has 22 heavy (non-hydrogen) atoms. The molecule has 0 aliphatic carbocycles. The molecule has 2 N–H and O–H groups in total. The number of benzene rings is 2. The number of nitrogens with one attached hydrogen (secondary N) is 2. The van der Waals surface area contributed by atoms with Gasteiger partial charge in [0.25, 0.3) is 0 Å². The van der Waals surface area contributed by atoms with Crippen LogP contribution >= 0.6 is 11.6 Å². The molecule has 0 fully saturated rings. The van der Waals surface area contributed by atoms with Gasteiger partial charge in [0.2, 0.25) is 0 Å². The van der Waals surface area contributed by atoms with E-state index in [1.165, 1.54) is 0 Å². The zero-order valence-corrected chi connectivity index (χ0v) is 13.0. The molecule has 0 atom stereocenters. The fourth-order valence-corrected chi connectivity index (χ4v) is 2.42. The number of amides is 2. The number of sulfone groups is 1. The Bertz CT molecular complexity index is 807. The van der Waals surface area contributed by atoms with E-state index in [-0.39, 0.29) is 10.6 Å². The van der Waals surface area contributed by atoms with Gasteiger partial charge < -0.3 is 10.6 Å². The molecule has 0 saturated heterocycles. The van der Waals surface area contributed by atoms with Gasteiger partial charge in [0.15, 0.2) is 9.84 Å². The number of carbonyl (C=O) groups is 1. The molecular weight excluding hydrogens is 331 g/mol. The van der Waals surface area contributed by atoms with E-state index in [2.05, 4.69) is 10.6 Å². The first-order chi connectivity index (χ1) is 10.3. The van der Waals surface area contributed by atoms with Gasteiger partial charge in [0, 0.05) is 17.0 Å². The number of anilines is 2. The molecular formula is C14H12ClFN2O3S. The van der Waals surface area contributed by atoms with Gasteiger partial charge in [0.05, 0.1) is 10.6 Å². The normalized spacial score (nSPS) is 11.0. The third-order valence-corrected chi connectivity index (χ3v) is 4.08. The van der Waals surface area contributed by atoms with E-state index in [4.69, 9.17) is 11.6 Å². The summed E-state index contributed by atoms with van der Waals surface area (Å²) in [6, 6.07) is 8.79. The molecule has 0 heterocycles. The van der Waals surface area contributed by atoms with Crippen molar-refractivity contribution in [1.82, 2.24) is 0 Å². The van der Waals surface area contributed by atoms with E-state index in [0.29, 0.717) is 10.7 Å². The van der Waals surface area contributed by atoms with E-state index < -0.39 is 21.7 Å². The third-order valence-electron chi connectivity index (χ3n) is 2.72. The molecule has 2 rings (SSSR count). The minimum Gasteiger partial charge on any atom is -0.308 e. The van der Waals surface area contributed by atoms with Gasteiger partial charge in [0.1, 0.15) is 5.82 Å². The van der Waals surface area contributed by atoms with Crippen molar-refractivity contribution < 1.29 is 17.6 Å². The summed E-state index contributed by atoms with van der Waals surface area (Å²) in [5.74, 6) is -0.737. The molecule has 0 unspecified atom stereocenters. The summed E-state index contributed by atoms with van der Waals surface area (Å²) in [7, 11) is -3.49. The first kappa shape index (κ1) is 16.3. The van der Waals surface area contributed by atoms with Crippen molar-refractivity contribution in [3.63, 3.8) is 0 Å². The molecule has 2 aromatic carbocycles. The van der Waals surface area contributed by atoms with Crippen LogP contribution in [0.2, 0.25) is 5.02 Å². The summed E-state index contributed by atoms with van der Waals surface area (Å²) in [6.07, 6.45) is 0.998. The van der Waals surface area contributed by atoms with Gasteiger partial charge in [-0.1, -0.05) is 11.6 Å². The minimum absolute atomic E-state index is 0.0873. The Morgan fingerprint density at radius 2 is 1.73 bits per heavy atom. The van der Waals surface area contributed by atoms with Crippen molar-refractivity contribution >= 4 is 38.8 Å². The lowest BCUT2D eigenvalue weighted by atomic mass is 10.3. The SMILES string of the molecule is CS(=O)(=O)c1ccc(F)c(NC(=O)Nc2ccc(Cl)cc2)c1. The summed E-state index contributed by atoms with van der Waals surface area (Å²) >= 11 is 5.72. The predicted molar refractivity (Wildman–Crippen MR) is 83.6 cm³/mol. The molecule has 0 aliphatic heterocycles.